The Labute approximate surface area is 182 Å². The number of carbonyl (C=O) groups excluding carboxylic acids is 1. The third-order valence-electron chi connectivity index (χ3n) is 5.52. The van der Waals surface area contributed by atoms with Gasteiger partial charge in [0.25, 0.3) is 5.91 Å². The summed E-state index contributed by atoms with van der Waals surface area (Å²) >= 11 is 6.02. The molecule has 31 heavy (non-hydrogen) atoms. The van der Waals surface area contributed by atoms with Crippen LogP contribution in [0.3, 0.4) is 0 Å². The van der Waals surface area contributed by atoms with Gasteiger partial charge in [0.05, 0.1) is 0 Å². The van der Waals surface area contributed by atoms with Crippen LogP contribution in [-0.4, -0.2) is 35.5 Å². The van der Waals surface area contributed by atoms with Gasteiger partial charge in [-0.05, 0) is 49.2 Å². The molecular formula is C23H19ClN2O5. The Bertz CT molecular complexity index is 1320. The van der Waals surface area contributed by atoms with Crippen LogP contribution in [0.25, 0.3) is 22.1 Å². The molecule has 0 radical (unpaired) electrons. The smallest absolute Gasteiger partial charge is 0.336 e. The molecule has 0 bridgehead atoms. The number of piperidine rings is 1. The number of aromatic nitrogens is 1. The van der Waals surface area contributed by atoms with Crippen LogP contribution in [0.4, 0.5) is 0 Å². The van der Waals surface area contributed by atoms with E-state index in [0.29, 0.717) is 35.3 Å². The van der Waals surface area contributed by atoms with Gasteiger partial charge in [-0.3, -0.25) is 4.79 Å². The Balaban J connectivity index is 1.18. The summed E-state index contributed by atoms with van der Waals surface area (Å²) in [4.78, 5) is 30.3. The maximum atomic E-state index is 12.6. The summed E-state index contributed by atoms with van der Waals surface area (Å²) in [6, 6.07) is 13.6. The van der Waals surface area contributed by atoms with Crippen molar-refractivity contribution in [3.8, 4) is 5.75 Å². The zero-order valence-electron chi connectivity index (χ0n) is 16.5. The summed E-state index contributed by atoms with van der Waals surface area (Å²) in [6.07, 6.45) is 1.54. The number of likely N-dealkylation sites (tertiary alicyclic amines) is 1. The van der Waals surface area contributed by atoms with E-state index in [0.717, 1.165) is 29.3 Å². The molecule has 8 heteroatoms. The number of hydrogen-bond acceptors (Lipinski definition) is 6. The van der Waals surface area contributed by atoms with Crippen molar-refractivity contribution in [2.24, 2.45) is 0 Å². The van der Waals surface area contributed by atoms with Gasteiger partial charge in [-0.15, -0.1) is 0 Å². The van der Waals surface area contributed by atoms with Crippen LogP contribution >= 0.6 is 11.6 Å². The van der Waals surface area contributed by atoms with E-state index in [1.165, 1.54) is 6.07 Å². The van der Waals surface area contributed by atoms with Crippen molar-refractivity contribution in [3.63, 3.8) is 0 Å². The van der Waals surface area contributed by atoms with Crippen LogP contribution < -0.4 is 10.4 Å². The average molecular weight is 439 g/mol. The Morgan fingerprint density at radius 1 is 1.06 bits per heavy atom. The monoisotopic (exact) mass is 438 g/mol. The molecule has 0 atom stereocenters. The van der Waals surface area contributed by atoms with E-state index in [1.54, 1.807) is 41.3 Å². The zero-order chi connectivity index (χ0) is 21.4. The normalized spacial score (nSPS) is 14.9. The van der Waals surface area contributed by atoms with Crippen LogP contribution in [0.1, 0.15) is 24.7 Å². The molecule has 1 amide bonds. The number of fused-ring (bicyclic) bond motifs is 2. The van der Waals surface area contributed by atoms with Crippen molar-refractivity contribution in [2.75, 3.05) is 19.7 Å². The summed E-state index contributed by atoms with van der Waals surface area (Å²) in [5.74, 6) is 1.26. The Hall–Kier alpha value is -3.32. The second kappa shape index (κ2) is 8.07. The predicted molar refractivity (Wildman–Crippen MR) is 116 cm³/mol. The molecule has 0 N–H and O–H groups in total. The summed E-state index contributed by atoms with van der Waals surface area (Å²) in [6.45, 7) is 1.15. The highest BCUT2D eigenvalue weighted by molar-refractivity contribution is 6.31. The van der Waals surface area contributed by atoms with Crippen molar-refractivity contribution in [1.29, 1.82) is 0 Å². The molecule has 1 saturated heterocycles. The first-order valence-electron chi connectivity index (χ1n) is 10.1. The third kappa shape index (κ3) is 4.14. The highest BCUT2D eigenvalue weighted by Gasteiger charge is 2.27. The summed E-state index contributed by atoms with van der Waals surface area (Å²) < 4.78 is 16.7. The molecule has 4 aromatic rings. The van der Waals surface area contributed by atoms with E-state index < -0.39 is 5.63 Å². The maximum absolute atomic E-state index is 12.6. The molecule has 2 aromatic heterocycles. The first-order chi connectivity index (χ1) is 15.0. The summed E-state index contributed by atoms with van der Waals surface area (Å²) in [5, 5.41) is 1.42. The molecule has 0 aliphatic carbocycles. The fraction of sp³-hybridized carbons (Fsp3) is 0.261. The van der Waals surface area contributed by atoms with Gasteiger partial charge in [-0.25, -0.2) is 9.78 Å². The van der Waals surface area contributed by atoms with E-state index in [2.05, 4.69) is 4.98 Å². The number of amides is 1. The van der Waals surface area contributed by atoms with Crippen LogP contribution in [0.5, 0.6) is 5.75 Å². The van der Waals surface area contributed by atoms with E-state index in [1.807, 2.05) is 6.07 Å². The van der Waals surface area contributed by atoms with Crippen molar-refractivity contribution >= 4 is 39.6 Å². The van der Waals surface area contributed by atoms with Crippen LogP contribution in [0, 0.1) is 0 Å². The van der Waals surface area contributed by atoms with Gasteiger partial charge < -0.3 is 18.5 Å². The van der Waals surface area contributed by atoms with Crippen molar-refractivity contribution < 1.29 is 18.4 Å². The average Bonchev–Trinajstić information content (AvgIpc) is 3.20. The third-order valence-corrected chi connectivity index (χ3v) is 5.76. The lowest BCUT2D eigenvalue weighted by molar-refractivity contribution is -0.134. The number of hydrogen-bond donors (Lipinski definition) is 0. The van der Waals surface area contributed by atoms with Crippen LogP contribution in [-0.2, 0) is 4.79 Å². The van der Waals surface area contributed by atoms with Crippen molar-refractivity contribution in [3.05, 3.63) is 69.9 Å². The number of rotatable bonds is 4. The van der Waals surface area contributed by atoms with E-state index in [9.17, 15) is 9.59 Å². The van der Waals surface area contributed by atoms with Crippen LogP contribution in [0.2, 0.25) is 5.02 Å². The molecule has 1 aliphatic rings. The maximum Gasteiger partial charge on any atom is 0.336 e. The zero-order valence-corrected chi connectivity index (χ0v) is 17.3. The molecule has 5 rings (SSSR count). The van der Waals surface area contributed by atoms with Gasteiger partial charge in [0.15, 0.2) is 18.1 Å². The first kappa shape index (κ1) is 19.6. The Morgan fingerprint density at radius 2 is 1.87 bits per heavy atom. The highest BCUT2D eigenvalue weighted by atomic mass is 35.5. The number of halogens is 1. The fourth-order valence-corrected chi connectivity index (χ4v) is 4.00. The van der Waals surface area contributed by atoms with Gasteiger partial charge in [0.2, 0.25) is 0 Å². The summed E-state index contributed by atoms with van der Waals surface area (Å²) in [7, 11) is 0. The topological polar surface area (TPSA) is 85.8 Å². The number of nitrogens with zero attached hydrogens (tertiary/aromatic N) is 2. The molecule has 2 aromatic carbocycles. The van der Waals surface area contributed by atoms with E-state index >= 15 is 0 Å². The molecule has 0 spiro atoms. The molecule has 0 unspecified atom stereocenters. The second-order valence-electron chi connectivity index (χ2n) is 7.56. The first-order valence-corrected chi connectivity index (χ1v) is 10.4. The number of carbonyl (C=O) groups is 1. The standard InChI is InChI=1S/C23H19ClN2O5/c24-16-3-5-19-18(11-16)25-23(31-19)15-7-9-26(10-8-15)21(27)13-29-17-4-1-14-2-6-22(28)30-20(14)12-17/h1-6,11-12,15H,7-10,13H2. The lowest BCUT2D eigenvalue weighted by Gasteiger charge is -2.30. The number of oxazole rings is 1. The Morgan fingerprint density at radius 3 is 2.71 bits per heavy atom. The largest absolute Gasteiger partial charge is 0.484 e. The van der Waals surface area contributed by atoms with Crippen molar-refractivity contribution in [2.45, 2.75) is 18.8 Å². The van der Waals surface area contributed by atoms with Gasteiger partial charge in [0.1, 0.15) is 16.8 Å². The number of benzene rings is 2. The molecule has 1 fully saturated rings. The highest BCUT2D eigenvalue weighted by Crippen LogP contribution is 2.31. The number of ether oxygens (including phenoxy) is 1. The predicted octanol–water partition coefficient (Wildman–Crippen LogP) is 4.37. The minimum Gasteiger partial charge on any atom is -0.484 e. The minimum atomic E-state index is -0.425. The van der Waals surface area contributed by atoms with E-state index in [4.69, 9.17) is 25.2 Å². The second-order valence-corrected chi connectivity index (χ2v) is 8.00. The van der Waals surface area contributed by atoms with E-state index in [-0.39, 0.29) is 18.4 Å². The molecule has 3 heterocycles. The molecular weight excluding hydrogens is 420 g/mol. The molecule has 7 nitrogen and oxygen atoms in total. The lowest BCUT2D eigenvalue weighted by Crippen LogP contribution is -2.40. The Kier molecular flexibility index (Phi) is 5.11. The quantitative estimate of drug-likeness (QED) is 0.440. The molecule has 1 aliphatic heterocycles. The van der Waals surface area contributed by atoms with Crippen molar-refractivity contribution in [1.82, 2.24) is 9.88 Å². The molecule has 158 valence electrons. The SMILES string of the molecule is O=C(COc1ccc2ccc(=O)oc2c1)N1CCC(c2nc3cc(Cl)ccc3o2)CC1. The lowest BCUT2D eigenvalue weighted by atomic mass is 9.97. The summed E-state index contributed by atoms with van der Waals surface area (Å²) in [5.41, 5.74) is 1.47. The minimum absolute atomic E-state index is 0.0748. The van der Waals surface area contributed by atoms with Crippen LogP contribution in [0.15, 0.2) is 62.2 Å². The van der Waals surface area contributed by atoms with Gasteiger partial charge in [-0.2, -0.15) is 0 Å². The molecule has 0 saturated carbocycles. The van der Waals surface area contributed by atoms with Gasteiger partial charge in [-0.1, -0.05) is 11.6 Å². The van der Waals surface area contributed by atoms with Gasteiger partial charge >= 0.3 is 5.63 Å². The fourth-order valence-electron chi connectivity index (χ4n) is 3.84. The van der Waals surface area contributed by atoms with Gasteiger partial charge in [0, 0.05) is 41.5 Å².